The van der Waals surface area contributed by atoms with Crippen LogP contribution in [0.15, 0.2) is 70.4 Å². The lowest BCUT2D eigenvalue weighted by Gasteiger charge is -2.21. The van der Waals surface area contributed by atoms with E-state index in [0.29, 0.717) is 23.6 Å². The van der Waals surface area contributed by atoms with Crippen molar-refractivity contribution < 1.29 is 14.0 Å². The van der Waals surface area contributed by atoms with Gasteiger partial charge >= 0.3 is 0 Å². The van der Waals surface area contributed by atoms with Crippen molar-refractivity contribution in [3.8, 4) is 0 Å². The van der Waals surface area contributed by atoms with Crippen LogP contribution in [0, 0.1) is 6.92 Å². The van der Waals surface area contributed by atoms with Crippen LogP contribution in [0.3, 0.4) is 0 Å². The summed E-state index contributed by atoms with van der Waals surface area (Å²) in [5.41, 5.74) is 4.46. The predicted molar refractivity (Wildman–Crippen MR) is 132 cm³/mol. The van der Waals surface area contributed by atoms with Crippen LogP contribution in [0.1, 0.15) is 42.2 Å². The molecule has 34 heavy (non-hydrogen) atoms. The Kier molecular flexibility index (Phi) is 6.11. The summed E-state index contributed by atoms with van der Waals surface area (Å²) in [7, 11) is 0. The van der Waals surface area contributed by atoms with Gasteiger partial charge in [-0.3, -0.25) is 9.59 Å². The summed E-state index contributed by atoms with van der Waals surface area (Å²) in [6.07, 6.45) is 3.64. The maximum absolute atomic E-state index is 13.2. The van der Waals surface area contributed by atoms with Gasteiger partial charge in [0.25, 0.3) is 5.91 Å². The monoisotopic (exact) mass is 476 g/mol. The fourth-order valence-corrected chi connectivity index (χ4v) is 4.62. The number of benzene rings is 2. The summed E-state index contributed by atoms with van der Waals surface area (Å²) in [5, 5.41) is 10.0. The first-order valence-corrected chi connectivity index (χ1v) is 11.7. The van der Waals surface area contributed by atoms with Gasteiger partial charge in [-0.05, 0) is 66.9 Å². The summed E-state index contributed by atoms with van der Waals surface area (Å²) < 4.78 is 5.61. The van der Waals surface area contributed by atoms with Gasteiger partial charge in [-0.2, -0.15) is 5.10 Å². The van der Waals surface area contributed by atoms with Gasteiger partial charge in [0.05, 0.1) is 18.5 Å². The zero-order valence-corrected chi connectivity index (χ0v) is 19.6. The average Bonchev–Trinajstić information content (AvgIpc) is 3.59. The molecule has 8 heteroatoms. The number of rotatable bonds is 6. The topological polar surface area (TPSA) is 78.2 Å². The molecule has 1 aromatic heterocycles. The van der Waals surface area contributed by atoms with Gasteiger partial charge in [-0.25, -0.2) is 5.01 Å². The maximum Gasteiger partial charge on any atom is 0.262 e. The van der Waals surface area contributed by atoms with Crippen LogP contribution in [0.25, 0.3) is 0 Å². The van der Waals surface area contributed by atoms with Crippen molar-refractivity contribution in [1.29, 1.82) is 0 Å². The van der Waals surface area contributed by atoms with Crippen LogP contribution in [0.5, 0.6) is 0 Å². The Morgan fingerprint density at radius 2 is 2.03 bits per heavy atom. The zero-order valence-electron chi connectivity index (χ0n) is 18.8. The highest BCUT2D eigenvalue weighted by atomic mass is 35.5. The average molecular weight is 477 g/mol. The second-order valence-electron chi connectivity index (χ2n) is 8.53. The molecule has 5 rings (SSSR count). The Balaban J connectivity index is 1.31. The number of aryl methyl sites for hydroxylation is 1. The number of halogens is 1. The normalized spacial score (nSPS) is 17.9. The van der Waals surface area contributed by atoms with Crippen LogP contribution in [0.2, 0.25) is 5.02 Å². The van der Waals surface area contributed by atoms with E-state index in [-0.39, 0.29) is 24.4 Å². The molecular weight excluding hydrogens is 452 g/mol. The lowest BCUT2D eigenvalue weighted by molar-refractivity contribution is -0.131. The number of furan rings is 1. The molecule has 1 atom stereocenters. The molecule has 2 aliphatic rings. The Morgan fingerprint density at radius 1 is 1.21 bits per heavy atom. The van der Waals surface area contributed by atoms with Crippen LogP contribution >= 0.6 is 11.6 Å². The first-order valence-electron chi connectivity index (χ1n) is 11.3. The van der Waals surface area contributed by atoms with Crippen molar-refractivity contribution in [2.45, 2.75) is 32.2 Å². The number of nitrogens with one attached hydrogen (secondary N) is 1. The lowest BCUT2D eigenvalue weighted by Crippen LogP contribution is -2.32. The van der Waals surface area contributed by atoms with E-state index in [2.05, 4.69) is 10.4 Å². The van der Waals surface area contributed by atoms with Gasteiger partial charge in [-0.15, -0.1) is 0 Å². The van der Waals surface area contributed by atoms with Gasteiger partial charge in [0, 0.05) is 35.8 Å². The summed E-state index contributed by atoms with van der Waals surface area (Å²) in [6, 6.07) is 16.6. The molecule has 2 amide bonds. The van der Waals surface area contributed by atoms with Crippen LogP contribution in [-0.4, -0.2) is 35.6 Å². The molecule has 7 nitrogen and oxygen atoms in total. The molecule has 0 bridgehead atoms. The number of carbonyl (C=O) groups is 2. The third-order valence-corrected chi connectivity index (χ3v) is 6.47. The van der Waals surface area contributed by atoms with Crippen LogP contribution in [-0.2, 0) is 9.59 Å². The number of nitrogens with zero attached hydrogens (tertiary/aromatic N) is 3. The second kappa shape index (κ2) is 9.35. The molecule has 2 aromatic carbocycles. The van der Waals surface area contributed by atoms with E-state index in [4.69, 9.17) is 16.0 Å². The molecule has 1 N–H and O–H groups in total. The highest BCUT2D eigenvalue weighted by Crippen LogP contribution is 2.33. The molecule has 1 saturated heterocycles. The minimum absolute atomic E-state index is 0.0794. The van der Waals surface area contributed by atoms with E-state index in [0.717, 1.165) is 41.2 Å². The third-order valence-electron chi connectivity index (χ3n) is 6.22. The summed E-state index contributed by atoms with van der Waals surface area (Å²) in [4.78, 5) is 27.1. The second-order valence-corrected chi connectivity index (χ2v) is 8.97. The van der Waals surface area contributed by atoms with Crippen molar-refractivity contribution in [2.75, 3.05) is 23.3 Å². The Hall–Kier alpha value is -3.58. The SMILES string of the molecule is Cc1cc(NCC(=O)N2N=C(c3ccc(Cl)cc3)CC2c2ccco2)ccc1N1CCCC1=O. The number of carbonyl (C=O) groups excluding carboxylic acids is 2. The maximum atomic E-state index is 13.2. The van der Waals surface area contributed by atoms with E-state index in [1.807, 2.05) is 66.4 Å². The number of anilines is 2. The first kappa shape index (κ1) is 22.2. The van der Waals surface area contributed by atoms with Crippen LogP contribution < -0.4 is 10.2 Å². The summed E-state index contributed by atoms with van der Waals surface area (Å²) in [5.74, 6) is 0.685. The molecule has 2 aliphatic heterocycles. The minimum atomic E-state index is -0.305. The standard InChI is InChI=1S/C26H25ClN4O3/c1-17-14-20(10-11-22(17)30-12-2-5-25(30)32)28-16-26(33)31-23(24-4-3-13-34-24)15-21(29-31)18-6-8-19(27)9-7-18/h3-4,6-11,13-14,23,28H,2,5,12,15-16H2,1H3. The van der Waals surface area contributed by atoms with E-state index >= 15 is 0 Å². The van der Waals surface area contributed by atoms with E-state index in [1.54, 1.807) is 6.26 Å². The van der Waals surface area contributed by atoms with E-state index in [1.165, 1.54) is 5.01 Å². The molecule has 3 aromatic rings. The van der Waals surface area contributed by atoms with E-state index < -0.39 is 0 Å². The fourth-order valence-electron chi connectivity index (χ4n) is 4.49. The van der Waals surface area contributed by atoms with Crippen LogP contribution in [0.4, 0.5) is 11.4 Å². The molecular formula is C26H25ClN4O3. The van der Waals surface area contributed by atoms with E-state index in [9.17, 15) is 9.59 Å². The Labute approximate surface area is 203 Å². The molecule has 0 radical (unpaired) electrons. The third kappa shape index (κ3) is 4.43. The zero-order chi connectivity index (χ0) is 23.7. The Morgan fingerprint density at radius 3 is 2.71 bits per heavy atom. The molecule has 0 spiro atoms. The molecule has 3 heterocycles. The van der Waals surface area contributed by atoms with Crippen molar-refractivity contribution in [3.05, 3.63) is 82.8 Å². The number of hydrogen-bond donors (Lipinski definition) is 1. The van der Waals surface area contributed by atoms with Gasteiger partial charge in [0.2, 0.25) is 5.91 Å². The molecule has 174 valence electrons. The van der Waals surface area contributed by atoms with Crippen molar-refractivity contribution >= 4 is 40.5 Å². The van der Waals surface area contributed by atoms with Crippen molar-refractivity contribution in [2.24, 2.45) is 5.10 Å². The summed E-state index contributed by atoms with van der Waals surface area (Å²) >= 11 is 6.02. The highest BCUT2D eigenvalue weighted by molar-refractivity contribution is 6.30. The molecule has 0 saturated carbocycles. The van der Waals surface area contributed by atoms with Crippen molar-refractivity contribution in [1.82, 2.24) is 5.01 Å². The number of hydrogen-bond acceptors (Lipinski definition) is 5. The largest absolute Gasteiger partial charge is 0.467 e. The first-order chi connectivity index (χ1) is 16.5. The van der Waals surface area contributed by atoms with Gasteiger partial charge in [0.15, 0.2) is 0 Å². The van der Waals surface area contributed by atoms with Gasteiger partial charge < -0.3 is 14.6 Å². The van der Waals surface area contributed by atoms with Gasteiger partial charge in [0.1, 0.15) is 11.8 Å². The number of hydrazone groups is 1. The molecule has 1 fully saturated rings. The lowest BCUT2D eigenvalue weighted by atomic mass is 10.0. The smallest absolute Gasteiger partial charge is 0.262 e. The predicted octanol–water partition coefficient (Wildman–Crippen LogP) is 5.16. The molecule has 1 unspecified atom stereocenters. The quantitative estimate of drug-likeness (QED) is 0.533. The highest BCUT2D eigenvalue weighted by Gasteiger charge is 2.34. The Bertz CT molecular complexity index is 1240. The molecule has 0 aliphatic carbocycles. The van der Waals surface area contributed by atoms with Gasteiger partial charge in [-0.1, -0.05) is 23.7 Å². The minimum Gasteiger partial charge on any atom is -0.467 e. The van der Waals surface area contributed by atoms with Crippen molar-refractivity contribution in [3.63, 3.8) is 0 Å². The summed E-state index contributed by atoms with van der Waals surface area (Å²) in [6.45, 7) is 2.81. The number of amides is 2. The fraction of sp³-hybridized carbons (Fsp3) is 0.269.